The molecule has 2 aromatic rings. The fraction of sp³-hybridized carbons (Fsp3) is 0.762. The van der Waals surface area contributed by atoms with Gasteiger partial charge in [-0.2, -0.15) is 0 Å². The van der Waals surface area contributed by atoms with Gasteiger partial charge in [-0.25, -0.2) is 9.78 Å². The summed E-state index contributed by atoms with van der Waals surface area (Å²) in [5.41, 5.74) is 0.529. The molecule has 0 radical (unpaired) electrons. The van der Waals surface area contributed by atoms with Crippen LogP contribution in [0.1, 0.15) is 71.0 Å². The third kappa shape index (κ3) is 4.09. The molecule has 0 aliphatic carbocycles. The Morgan fingerprint density at radius 3 is 2.50 bits per heavy atom. The van der Waals surface area contributed by atoms with Crippen LogP contribution in [0.4, 0.5) is 0 Å². The van der Waals surface area contributed by atoms with E-state index in [1.807, 2.05) is 0 Å². The van der Waals surface area contributed by atoms with Crippen molar-refractivity contribution < 1.29 is 0 Å². The van der Waals surface area contributed by atoms with Gasteiger partial charge in [0.2, 0.25) is 0 Å². The molecule has 156 valence electrons. The monoisotopic (exact) mass is 389 g/mol. The normalized spacial score (nSPS) is 18.2. The Hall–Kier alpha value is -1.89. The van der Waals surface area contributed by atoms with E-state index >= 15 is 0 Å². The van der Waals surface area contributed by atoms with Gasteiger partial charge in [0.15, 0.2) is 11.2 Å². The van der Waals surface area contributed by atoms with Crippen molar-refractivity contribution in [3.8, 4) is 0 Å². The molecule has 1 fully saturated rings. The van der Waals surface area contributed by atoms with Crippen LogP contribution in [-0.4, -0.2) is 36.2 Å². The van der Waals surface area contributed by atoms with E-state index < -0.39 is 0 Å². The predicted octanol–water partition coefficient (Wildman–Crippen LogP) is 2.78. The summed E-state index contributed by atoms with van der Waals surface area (Å²) < 4.78 is 4.79. The fourth-order valence-electron chi connectivity index (χ4n) is 4.30. The minimum atomic E-state index is -0.317. The van der Waals surface area contributed by atoms with E-state index in [9.17, 15) is 9.59 Å². The molecule has 0 saturated carbocycles. The number of piperidine rings is 1. The highest BCUT2D eigenvalue weighted by atomic mass is 16.2. The minimum absolute atomic E-state index is 0.239. The first kappa shape index (κ1) is 20.8. The van der Waals surface area contributed by atoms with E-state index in [-0.39, 0.29) is 11.2 Å². The SMILES string of the molecule is CCCCCCCn1c(CN2CCCC[C@@H]2C)nc2c1c(=O)n(C)c(=O)n2C. The van der Waals surface area contributed by atoms with Gasteiger partial charge in [0, 0.05) is 26.7 Å². The summed E-state index contributed by atoms with van der Waals surface area (Å²) in [5, 5.41) is 0. The van der Waals surface area contributed by atoms with Gasteiger partial charge in [0.25, 0.3) is 5.56 Å². The first-order valence-electron chi connectivity index (χ1n) is 10.8. The highest BCUT2D eigenvalue weighted by Crippen LogP contribution is 2.21. The molecule has 0 aromatic carbocycles. The number of rotatable bonds is 8. The third-order valence-corrected chi connectivity index (χ3v) is 6.20. The molecule has 7 nitrogen and oxygen atoms in total. The lowest BCUT2D eigenvalue weighted by molar-refractivity contribution is 0.147. The maximum Gasteiger partial charge on any atom is 0.332 e. The lowest BCUT2D eigenvalue weighted by Gasteiger charge is -2.33. The standard InChI is InChI=1S/C21H35N5O2/c1-5-6-7-8-10-14-26-17(15-25-13-11-9-12-16(25)2)22-19-18(26)20(27)24(4)21(28)23(19)3/h16H,5-15H2,1-4H3/t16-/m0/s1. The van der Waals surface area contributed by atoms with Crippen molar-refractivity contribution in [1.82, 2.24) is 23.6 Å². The minimum Gasteiger partial charge on any atom is -0.321 e. The van der Waals surface area contributed by atoms with Crippen LogP contribution in [0.5, 0.6) is 0 Å². The molecule has 28 heavy (non-hydrogen) atoms. The summed E-state index contributed by atoms with van der Waals surface area (Å²) in [6.07, 6.45) is 9.56. The number of aromatic nitrogens is 4. The number of hydrogen-bond donors (Lipinski definition) is 0. The van der Waals surface area contributed by atoms with Crippen molar-refractivity contribution in [2.75, 3.05) is 6.54 Å². The van der Waals surface area contributed by atoms with Crippen molar-refractivity contribution in [2.24, 2.45) is 14.1 Å². The van der Waals surface area contributed by atoms with Gasteiger partial charge in [0.05, 0.1) is 6.54 Å². The predicted molar refractivity (Wildman–Crippen MR) is 113 cm³/mol. The summed E-state index contributed by atoms with van der Waals surface area (Å²) in [6.45, 7) is 7.07. The Bertz CT molecular complexity index is 923. The van der Waals surface area contributed by atoms with Gasteiger partial charge in [-0.15, -0.1) is 0 Å². The first-order valence-corrected chi connectivity index (χ1v) is 10.8. The number of fused-ring (bicyclic) bond motifs is 1. The molecule has 0 bridgehead atoms. The zero-order chi connectivity index (χ0) is 20.3. The quantitative estimate of drug-likeness (QED) is 0.651. The Kier molecular flexibility index (Phi) is 6.75. The lowest BCUT2D eigenvalue weighted by Crippen LogP contribution is -2.38. The van der Waals surface area contributed by atoms with Crippen LogP contribution in [-0.2, 0) is 27.2 Å². The largest absolute Gasteiger partial charge is 0.332 e. The molecular formula is C21H35N5O2. The molecule has 1 aliphatic heterocycles. The first-order chi connectivity index (χ1) is 13.5. The van der Waals surface area contributed by atoms with E-state index in [2.05, 4.69) is 23.3 Å². The van der Waals surface area contributed by atoms with Gasteiger partial charge in [-0.1, -0.05) is 39.0 Å². The maximum absolute atomic E-state index is 12.9. The van der Waals surface area contributed by atoms with E-state index in [0.29, 0.717) is 17.2 Å². The smallest absolute Gasteiger partial charge is 0.321 e. The van der Waals surface area contributed by atoms with Crippen molar-refractivity contribution >= 4 is 11.2 Å². The van der Waals surface area contributed by atoms with E-state index in [1.54, 1.807) is 14.1 Å². The lowest BCUT2D eigenvalue weighted by atomic mass is 10.0. The number of hydrogen-bond acceptors (Lipinski definition) is 4. The molecule has 0 unspecified atom stereocenters. The molecule has 0 amide bonds. The number of aryl methyl sites for hydroxylation is 2. The van der Waals surface area contributed by atoms with Crippen molar-refractivity contribution in [3.63, 3.8) is 0 Å². The molecule has 0 spiro atoms. The Morgan fingerprint density at radius 1 is 1.04 bits per heavy atom. The topological polar surface area (TPSA) is 65.1 Å². The molecule has 3 heterocycles. The van der Waals surface area contributed by atoms with Crippen LogP contribution >= 0.6 is 0 Å². The van der Waals surface area contributed by atoms with E-state index in [1.165, 1.54) is 47.7 Å². The van der Waals surface area contributed by atoms with Gasteiger partial charge in [-0.3, -0.25) is 18.8 Å². The van der Waals surface area contributed by atoms with Gasteiger partial charge in [-0.05, 0) is 32.7 Å². The summed E-state index contributed by atoms with van der Waals surface area (Å²) in [7, 11) is 3.26. The molecule has 1 atom stereocenters. The van der Waals surface area contributed by atoms with Gasteiger partial charge >= 0.3 is 5.69 Å². The number of likely N-dealkylation sites (tertiary alicyclic amines) is 1. The fourth-order valence-corrected chi connectivity index (χ4v) is 4.30. The van der Waals surface area contributed by atoms with Crippen LogP contribution in [0.15, 0.2) is 9.59 Å². The van der Waals surface area contributed by atoms with Crippen molar-refractivity contribution in [2.45, 2.75) is 84.3 Å². The number of nitrogens with zero attached hydrogens (tertiary/aromatic N) is 5. The Morgan fingerprint density at radius 2 is 1.79 bits per heavy atom. The molecule has 7 heteroatoms. The van der Waals surface area contributed by atoms with E-state index in [4.69, 9.17) is 4.98 Å². The molecule has 2 aromatic heterocycles. The second-order valence-corrected chi connectivity index (χ2v) is 8.29. The highest BCUT2D eigenvalue weighted by Gasteiger charge is 2.23. The number of unbranched alkanes of at least 4 members (excludes halogenated alkanes) is 4. The zero-order valence-corrected chi connectivity index (χ0v) is 17.9. The van der Waals surface area contributed by atoms with Crippen LogP contribution in [0.25, 0.3) is 11.2 Å². The second kappa shape index (κ2) is 9.07. The Labute approximate surface area is 167 Å². The van der Waals surface area contributed by atoms with Crippen molar-refractivity contribution in [3.05, 3.63) is 26.7 Å². The van der Waals surface area contributed by atoms with Crippen molar-refractivity contribution in [1.29, 1.82) is 0 Å². The summed E-state index contributed by atoms with van der Waals surface area (Å²) in [6, 6.07) is 0.526. The third-order valence-electron chi connectivity index (χ3n) is 6.20. The van der Waals surface area contributed by atoms with Crippen LogP contribution in [0, 0.1) is 0 Å². The average Bonchev–Trinajstić information content (AvgIpc) is 3.04. The van der Waals surface area contributed by atoms with Crippen LogP contribution in [0.2, 0.25) is 0 Å². The summed E-state index contributed by atoms with van der Waals surface area (Å²) in [4.78, 5) is 32.5. The molecule has 1 saturated heterocycles. The zero-order valence-electron chi connectivity index (χ0n) is 17.9. The molecule has 0 N–H and O–H groups in total. The number of imidazole rings is 1. The van der Waals surface area contributed by atoms with Gasteiger partial charge in [0.1, 0.15) is 5.82 Å². The van der Waals surface area contributed by atoms with E-state index in [0.717, 1.165) is 38.3 Å². The second-order valence-electron chi connectivity index (χ2n) is 8.29. The van der Waals surface area contributed by atoms with Crippen LogP contribution in [0.3, 0.4) is 0 Å². The van der Waals surface area contributed by atoms with Gasteiger partial charge < -0.3 is 4.57 Å². The maximum atomic E-state index is 12.9. The average molecular weight is 390 g/mol. The summed E-state index contributed by atoms with van der Waals surface area (Å²) >= 11 is 0. The highest BCUT2D eigenvalue weighted by molar-refractivity contribution is 5.71. The molecule has 1 aliphatic rings. The van der Waals surface area contributed by atoms with Crippen LogP contribution < -0.4 is 11.2 Å². The molecular weight excluding hydrogens is 354 g/mol. The summed E-state index contributed by atoms with van der Waals surface area (Å²) in [5.74, 6) is 0.914. The molecule has 3 rings (SSSR count). The Balaban J connectivity index is 1.99.